The number of carbonyl (C=O) groups excluding carboxylic acids is 4. The van der Waals surface area contributed by atoms with Gasteiger partial charge in [0.05, 0.1) is 52.9 Å². The van der Waals surface area contributed by atoms with E-state index in [0.29, 0.717) is 144 Å². The number of urea groups is 4. The number of anilines is 8. The average molecular weight is 1970 g/mol. The third-order valence-electron chi connectivity index (χ3n) is 28.0. The fraction of sp³-hybridized carbons (Fsp3) is 0.581. The van der Waals surface area contributed by atoms with Gasteiger partial charge in [0.15, 0.2) is 0 Å². The fourth-order valence-corrected chi connectivity index (χ4v) is 20.1. The third-order valence-corrected chi connectivity index (χ3v) is 28.0. The highest BCUT2D eigenvalue weighted by molar-refractivity contribution is 6.03. The molecule has 20 bridgehead atoms. The molecular weight excluding hydrogens is 1790 g/mol. The first-order valence-electron chi connectivity index (χ1n) is 57.3. The zero-order valence-electron chi connectivity index (χ0n) is 88.8. The van der Waals surface area contributed by atoms with Crippen LogP contribution in [0.3, 0.4) is 0 Å². The summed E-state index contributed by atoms with van der Waals surface area (Å²) in [6.45, 7) is 12.9. The Kier molecular flexibility index (Phi) is 54.7. The largest absolute Gasteiger partial charge is 0.494 e. The second-order valence-electron chi connectivity index (χ2n) is 40.8. The lowest BCUT2D eigenvalue weighted by atomic mass is 9.90. The Hall–Kier alpha value is -10.8. The van der Waals surface area contributed by atoms with Crippen LogP contribution in [0.5, 0.6) is 46.0 Å². The normalized spacial score (nSPS) is 14.7. The Bertz CT molecular complexity index is 4290. The van der Waals surface area contributed by atoms with E-state index in [9.17, 15) is 0 Å². The summed E-state index contributed by atoms with van der Waals surface area (Å²) in [5.74, 6) is 5.25. The van der Waals surface area contributed by atoms with E-state index in [-0.39, 0.29) is 25.7 Å². The smallest absolute Gasteiger partial charge is 0.323 e. The number of nitrogens with one attached hydrogen (secondary N) is 8. The van der Waals surface area contributed by atoms with Crippen LogP contribution in [-0.2, 0) is 25.7 Å². The number of hydrogen-bond acceptors (Lipinski definition) is 12. The molecule has 0 fully saturated rings. The first kappa shape index (κ1) is 114. The topological polar surface area (TPSA) is 238 Å². The van der Waals surface area contributed by atoms with E-state index in [0.717, 1.165) is 250 Å². The summed E-state index contributed by atoms with van der Waals surface area (Å²) < 4.78 is 56.0. The Balaban J connectivity index is 1.13. The van der Waals surface area contributed by atoms with Crippen LogP contribution in [0.15, 0.2) is 146 Å². The molecule has 0 radical (unpaired) electrons. The molecular formula is C124H180N8O12. The lowest BCUT2D eigenvalue weighted by Crippen LogP contribution is -2.21. The van der Waals surface area contributed by atoms with Crippen LogP contribution in [-0.4, -0.2) is 77.0 Å². The van der Waals surface area contributed by atoms with Crippen molar-refractivity contribution in [1.29, 1.82) is 0 Å². The van der Waals surface area contributed by atoms with Crippen molar-refractivity contribution in [2.24, 2.45) is 0 Å². The molecule has 0 aromatic heterocycles. The second kappa shape index (κ2) is 69.3. The second-order valence-corrected chi connectivity index (χ2v) is 40.8. The van der Waals surface area contributed by atoms with Crippen LogP contribution < -0.4 is 80.4 Å². The lowest BCUT2D eigenvalue weighted by molar-refractivity contribution is 0.261. The summed E-state index contributed by atoms with van der Waals surface area (Å²) in [6.07, 6.45) is 63.6. The van der Waals surface area contributed by atoms with Crippen molar-refractivity contribution in [3.05, 3.63) is 190 Å². The quantitative estimate of drug-likeness (QED) is 0.0166. The predicted octanol–water partition coefficient (Wildman–Crippen LogP) is 35.9. The number of ether oxygens (including phenoxy) is 8. The molecule has 0 unspecified atom stereocenters. The monoisotopic (exact) mass is 1970 g/mol. The van der Waals surface area contributed by atoms with Gasteiger partial charge in [-0.15, -0.1) is 0 Å². The van der Waals surface area contributed by atoms with Gasteiger partial charge in [0.2, 0.25) is 0 Å². The first-order valence-corrected chi connectivity index (χ1v) is 57.3. The highest BCUT2D eigenvalue weighted by atomic mass is 16.5. The van der Waals surface area contributed by atoms with E-state index >= 15 is 19.2 Å². The minimum Gasteiger partial charge on any atom is -0.494 e. The molecule has 0 spiro atoms. The number of fused-ring (bicyclic) bond motifs is 16. The summed E-state index contributed by atoms with van der Waals surface area (Å²) in [7, 11) is 0. The van der Waals surface area contributed by atoms with E-state index in [1.165, 1.54) is 154 Å². The molecule has 144 heavy (non-hydrogen) atoms. The van der Waals surface area contributed by atoms with Crippen LogP contribution in [0.25, 0.3) is 0 Å². The number of carbonyl (C=O) groups is 4. The maximum Gasteiger partial charge on any atom is 0.323 e. The number of unbranched alkanes of at least 4 members (excludes halogenated alkanes) is 36. The molecule has 2 heterocycles. The highest BCUT2D eigenvalue weighted by Crippen LogP contribution is 2.45. The molecule has 788 valence electrons. The van der Waals surface area contributed by atoms with Crippen molar-refractivity contribution in [2.45, 2.75) is 413 Å². The van der Waals surface area contributed by atoms with E-state index < -0.39 is 24.1 Å². The van der Waals surface area contributed by atoms with E-state index in [2.05, 4.69) is 70.2 Å². The minimum atomic E-state index is -0.454. The van der Waals surface area contributed by atoms with Gasteiger partial charge in [-0.3, -0.25) is 0 Å². The molecule has 20 heteroatoms. The Morgan fingerprint density at radius 2 is 0.354 bits per heavy atom. The van der Waals surface area contributed by atoms with Crippen LogP contribution >= 0.6 is 0 Å². The number of hydrogen-bond donors (Lipinski definition) is 8. The molecule has 0 saturated carbocycles. The SMILES string of the molecule is CCCCCCCCCCCCOc1c2cc3cc1Cc1cc4cc(c1OCCCCCCCCCCCC)Cc1cc(cc(c1OCCCCCCCCCCCC)Cc1cc(cc(c1OCCCCCCCCCCCC)C2)NC(=O)Nc1cccc(c1)OCCCCCCCCCCOc1cccc(c1)NC(=O)N3)NC(=O)Nc1cccc(c1)OCCCCCCCCCCOc1cccc(c1)NC(=O)N4. The van der Waals surface area contributed by atoms with Gasteiger partial charge in [-0.05, 0) is 148 Å². The molecule has 3 aliphatic rings. The third kappa shape index (κ3) is 44.7. The molecule has 11 rings (SSSR count). The van der Waals surface area contributed by atoms with Gasteiger partial charge in [0, 0.05) is 140 Å². The molecule has 8 aromatic carbocycles. The number of amides is 8. The number of benzene rings is 8. The van der Waals surface area contributed by atoms with Gasteiger partial charge in [0.1, 0.15) is 46.0 Å². The van der Waals surface area contributed by atoms with Crippen molar-refractivity contribution in [1.82, 2.24) is 0 Å². The van der Waals surface area contributed by atoms with Crippen LogP contribution in [0.4, 0.5) is 64.7 Å². The Labute approximate surface area is 866 Å². The van der Waals surface area contributed by atoms with Gasteiger partial charge < -0.3 is 80.4 Å². The molecule has 1 aliphatic carbocycles. The summed E-state index contributed by atoms with van der Waals surface area (Å²) in [4.78, 5) is 61.2. The Morgan fingerprint density at radius 1 is 0.194 bits per heavy atom. The molecule has 20 nitrogen and oxygen atoms in total. The van der Waals surface area contributed by atoms with Gasteiger partial charge in [0.25, 0.3) is 0 Å². The first-order chi connectivity index (χ1) is 70.9. The van der Waals surface area contributed by atoms with Crippen molar-refractivity contribution < 1.29 is 57.1 Å². The van der Waals surface area contributed by atoms with Crippen LogP contribution in [0.1, 0.15) is 432 Å². The molecule has 8 N–H and O–H groups in total. The predicted molar refractivity (Wildman–Crippen MR) is 599 cm³/mol. The van der Waals surface area contributed by atoms with Crippen LogP contribution in [0.2, 0.25) is 0 Å². The molecule has 8 amide bonds. The van der Waals surface area contributed by atoms with E-state index in [4.69, 9.17) is 37.9 Å². The number of rotatable bonds is 48. The van der Waals surface area contributed by atoms with Gasteiger partial charge in [-0.1, -0.05) is 360 Å². The maximum atomic E-state index is 15.3. The molecule has 8 aromatic rings. The highest BCUT2D eigenvalue weighted by Gasteiger charge is 2.28. The lowest BCUT2D eigenvalue weighted by Gasteiger charge is -2.25. The van der Waals surface area contributed by atoms with Gasteiger partial charge in [-0.2, -0.15) is 0 Å². The summed E-state index contributed by atoms with van der Waals surface area (Å²) >= 11 is 0. The van der Waals surface area contributed by atoms with E-state index in [1.54, 1.807) is 0 Å². The summed E-state index contributed by atoms with van der Waals surface area (Å²) in [6, 6.07) is 45.0. The van der Waals surface area contributed by atoms with Crippen molar-refractivity contribution >= 4 is 69.6 Å². The van der Waals surface area contributed by atoms with Crippen molar-refractivity contribution in [2.75, 3.05) is 95.4 Å². The van der Waals surface area contributed by atoms with E-state index in [1.807, 2.05) is 146 Å². The molecule has 0 atom stereocenters. The minimum absolute atomic E-state index is 0.191. The fourth-order valence-electron chi connectivity index (χ4n) is 20.1. The van der Waals surface area contributed by atoms with Gasteiger partial charge >= 0.3 is 24.1 Å². The standard InChI is InChI=1S/C124H180N8O12/c1-5-9-13-17-21-25-29-41-49-57-77-141-117-97-81-98-86-110-91-103(118(98)142-78-58-50-42-30-26-22-18-14-10-6-2)84-104-92-112-88-100(120(104)144-80-60-52-44-32-28-24-20-16-12-8-4)82-99-87-111(131-123(135)127-107-67-63-71-115(95-107)139-75-55-47-39-35-36-40-48-56-76-140-116-72-64-68-108(96-116)128-124(136)132-112)90-102(119(99)143-79-59-51-43-31-27-23-19-15-11-7-3)83-101(117)89-109(85-97)129-121(133)125-105-65-61-69-113(93-105)137-73-53-45-37-33-34-38-46-54-74-138-114-70-62-66-106(94-114)126-122(134)130-110/h61-72,85-96H,5-60,73-84H2,1-4H3,(H2,125,129,133)(H2,126,130,134)(H2,127,131,135)(H2,128,132,136). The average Bonchev–Trinajstić information content (AvgIpc) is 0.549. The molecule has 0 saturated heterocycles. The van der Waals surface area contributed by atoms with Gasteiger partial charge in [-0.25, -0.2) is 19.2 Å². The summed E-state index contributed by atoms with van der Waals surface area (Å²) in [5.41, 5.74) is 10.4. The van der Waals surface area contributed by atoms with Crippen molar-refractivity contribution in [3.8, 4) is 46.0 Å². The van der Waals surface area contributed by atoms with Crippen LogP contribution in [0, 0.1) is 0 Å². The maximum absolute atomic E-state index is 15.3. The summed E-state index contributed by atoms with van der Waals surface area (Å²) in [5, 5.41) is 26.3. The molecule has 2 aliphatic heterocycles. The Morgan fingerprint density at radius 3 is 0.535 bits per heavy atom. The zero-order valence-corrected chi connectivity index (χ0v) is 88.8. The van der Waals surface area contributed by atoms with Crippen molar-refractivity contribution in [3.63, 3.8) is 0 Å². The zero-order chi connectivity index (χ0) is 101.